The molecule has 0 bridgehead atoms. The molecule has 2 heterocycles. The first-order valence-corrected chi connectivity index (χ1v) is 6.00. The van der Waals surface area contributed by atoms with Crippen LogP contribution in [0.25, 0.3) is 0 Å². The zero-order valence-corrected chi connectivity index (χ0v) is 10.5. The Morgan fingerprint density at radius 3 is 2.53 bits per heavy atom. The summed E-state index contributed by atoms with van der Waals surface area (Å²) in [6, 6.07) is 3.98. The molecule has 5 heteroatoms. The molecule has 1 aromatic rings. The number of hydrogen-bond acceptors (Lipinski definition) is 4. The molecule has 2 N–H and O–H groups in total. The van der Waals surface area contributed by atoms with Crippen molar-refractivity contribution in [2.24, 2.45) is 0 Å². The van der Waals surface area contributed by atoms with E-state index in [1.165, 1.54) is 0 Å². The molecule has 0 spiro atoms. The molecule has 0 aromatic carbocycles. The zero-order chi connectivity index (χ0) is 12.4. The van der Waals surface area contributed by atoms with Gasteiger partial charge in [0.1, 0.15) is 17.6 Å². The molecule has 92 valence electrons. The van der Waals surface area contributed by atoms with E-state index in [2.05, 4.69) is 22.9 Å². The average Bonchev–Trinajstić information content (AvgIpc) is 2.66. The molecule has 1 aromatic heterocycles. The third-order valence-electron chi connectivity index (χ3n) is 3.33. The molecule has 0 atom stereocenters. The van der Waals surface area contributed by atoms with E-state index in [0.717, 1.165) is 38.5 Å². The van der Waals surface area contributed by atoms with Gasteiger partial charge in [-0.15, -0.1) is 0 Å². The number of likely N-dealkylation sites (N-methyl/N-ethyl adjacent to an activating group) is 1. The maximum atomic E-state index is 9.07. The maximum absolute atomic E-state index is 9.07. The summed E-state index contributed by atoms with van der Waals surface area (Å²) in [6.45, 7) is 6.83. The minimum Gasteiger partial charge on any atom is -0.396 e. The van der Waals surface area contributed by atoms with E-state index in [1.54, 1.807) is 6.07 Å². The van der Waals surface area contributed by atoms with Crippen LogP contribution in [0.1, 0.15) is 12.6 Å². The predicted molar refractivity (Wildman–Crippen MR) is 68.9 cm³/mol. The van der Waals surface area contributed by atoms with Crippen molar-refractivity contribution >= 4 is 11.5 Å². The van der Waals surface area contributed by atoms with Crippen LogP contribution in [0.3, 0.4) is 0 Å². The normalized spacial score (nSPS) is 17.1. The summed E-state index contributed by atoms with van der Waals surface area (Å²) in [5.74, 6) is 1.01. The highest BCUT2D eigenvalue weighted by molar-refractivity contribution is 5.68. The Morgan fingerprint density at radius 1 is 1.35 bits per heavy atom. The number of hydrogen-bond donors (Lipinski definition) is 1. The van der Waals surface area contributed by atoms with Gasteiger partial charge >= 0.3 is 0 Å². The van der Waals surface area contributed by atoms with Gasteiger partial charge in [-0.2, -0.15) is 5.26 Å². The van der Waals surface area contributed by atoms with Crippen molar-refractivity contribution in [3.63, 3.8) is 0 Å². The average molecular weight is 233 g/mol. The van der Waals surface area contributed by atoms with Crippen molar-refractivity contribution in [3.05, 3.63) is 11.8 Å². The summed E-state index contributed by atoms with van der Waals surface area (Å²) in [6.07, 6.45) is 0. The van der Waals surface area contributed by atoms with Crippen molar-refractivity contribution in [2.45, 2.75) is 13.5 Å². The number of nitrogens with two attached hydrogens (primary N) is 1. The summed E-state index contributed by atoms with van der Waals surface area (Å²) < 4.78 is 2.00. The monoisotopic (exact) mass is 233 g/mol. The largest absolute Gasteiger partial charge is 0.396 e. The zero-order valence-electron chi connectivity index (χ0n) is 10.5. The van der Waals surface area contributed by atoms with Gasteiger partial charge < -0.3 is 20.1 Å². The fraction of sp³-hybridized carbons (Fsp3) is 0.583. The standard InChI is InChI=1S/C12H19N5/c1-3-17-10(9-13)8-11(14)12(17)16-6-4-15(2)5-7-16/h8H,3-7,14H2,1-2H3. The summed E-state index contributed by atoms with van der Waals surface area (Å²) in [4.78, 5) is 4.58. The van der Waals surface area contributed by atoms with E-state index < -0.39 is 0 Å². The molecule has 1 saturated heterocycles. The van der Waals surface area contributed by atoms with Crippen molar-refractivity contribution in [1.82, 2.24) is 9.47 Å². The number of nitriles is 1. The van der Waals surface area contributed by atoms with Crippen molar-refractivity contribution in [1.29, 1.82) is 5.26 Å². The third-order valence-corrected chi connectivity index (χ3v) is 3.33. The number of rotatable bonds is 2. The maximum Gasteiger partial charge on any atom is 0.133 e. The lowest BCUT2D eigenvalue weighted by atomic mass is 10.3. The van der Waals surface area contributed by atoms with Crippen LogP contribution < -0.4 is 10.6 Å². The Labute approximate surface area is 102 Å². The molecule has 0 amide bonds. The first-order chi connectivity index (χ1) is 8.17. The second kappa shape index (κ2) is 4.68. The molecule has 17 heavy (non-hydrogen) atoms. The predicted octanol–water partition coefficient (Wildman–Crippen LogP) is 0.714. The van der Waals surface area contributed by atoms with Crippen LogP contribution in [0.4, 0.5) is 11.5 Å². The first-order valence-electron chi connectivity index (χ1n) is 6.00. The van der Waals surface area contributed by atoms with Gasteiger partial charge in [-0.1, -0.05) is 0 Å². The molecule has 2 rings (SSSR count). The Balaban J connectivity index is 2.32. The van der Waals surface area contributed by atoms with Crippen LogP contribution in [0.15, 0.2) is 6.07 Å². The molecule has 5 nitrogen and oxygen atoms in total. The Bertz CT molecular complexity index is 434. The van der Waals surface area contributed by atoms with E-state index >= 15 is 0 Å². The number of nitrogen functional groups attached to an aromatic ring is 1. The van der Waals surface area contributed by atoms with Crippen LogP contribution >= 0.6 is 0 Å². The molecule has 0 unspecified atom stereocenters. The minimum absolute atomic E-state index is 0.652. The van der Waals surface area contributed by atoms with E-state index in [1.807, 2.05) is 11.5 Å². The number of piperazine rings is 1. The Hall–Kier alpha value is -1.67. The summed E-state index contributed by atoms with van der Waals surface area (Å²) in [7, 11) is 2.13. The van der Waals surface area contributed by atoms with Crippen LogP contribution in [-0.4, -0.2) is 42.7 Å². The van der Waals surface area contributed by atoms with Crippen molar-refractivity contribution < 1.29 is 0 Å². The lowest BCUT2D eigenvalue weighted by Gasteiger charge is -2.34. The SMILES string of the molecule is CCn1c(C#N)cc(N)c1N1CCN(C)CC1. The number of anilines is 2. The van der Waals surface area contributed by atoms with E-state index in [-0.39, 0.29) is 0 Å². The summed E-state index contributed by atoms with van der Waals surface area (Å²) in [5, 5.41) is 9.07. The van der Waals surface area contributed by atoms with Gasteiger partial charge in [-0.05, 0) is 20.0 Å². The van der Waals surface area contributed by atoms with Crippen LogP contribution in [0.5, 0.6) is 0 Å². The van der Waals surface area contributed by atoms with Gasteiger partial charge in [0.15, 0.2) is 0 Å². The van der Waals surface area contributed by atoms with E-state index in [0.29, 0.717) is 11.4 Å². The van der Waals surface area contributed by atoms with Gasteiger partial charge in [0, 0.05) is 32.7 Å². The molecular weight excluding hydrogens is 214 g/mol. The van der Waals surface area contributed by atoms with E-state index in [9.17, 15) is 0 Å². The molecule has 0 aliphatic carbocycles. The second-order valence-electron chi connectivity index (χ2n) is 4.45. The fourth-order valence-corrected chi connectivity index (χ4v) is 2.34. The second-order valence-corrected chi connectivity index (χ2v) is 4.45. The van der Waals surface area contributed by atoms with Gasteiger partial charge in [0.25, 0.3) is 0 Å². The highest BCUT2D eigenvalue weighted by Crippen LogP contribution is 2.28. The Morgan fingerprint density at radius 2 is 2.00 bits per heavy atom. The Kier molecular flexibility index (Phi) is 3.25. The highest BCUT2D eigenvalue weighted by Gasteiger charge is 2.21. The van der Waals surface area contributed by atoms with Crippen molar-refractivity contribution in [3.8, 4) is 6.07 Å². The van der Waals surface area contributed by atoms with Crippen LogP contribution in [-0.2, 0) is 6.54 Å². The highest BCUT2D eigenvalue weighted by atomic mass is 15.3. The van der Waals surface area contributed by atoms with Gasteiger partial charge in [0.05, 0.1) is 5.69 Å². The van der Waals surface area contributed by atoms with Crippen LogP contribution in [0.2, 0.25) is 0 Å². The quantitative estimate of drug-likeness (QED) is 0.817. The molecular formula is C12H19N5. The number of nitrogens with zero attached hydrogens (tertiary/aromatic N) is 4. The minimum atomic E-state index is 0.652. The molecule has 1 aliphatic rings. The number of aromatic nitrogens is 1. The molecule has 0 saturated carbocycles. The summed E-state index contributed by atoms with van der Waals surface area (Å²) in [5.41, 5.74) is 7.40. The van der Waals surface area contributed by atoms with Crippen LogP contribution in [0, 0.1) is 11.3 Å². The molecule has 1 aliphatic heterocycles. The van der Waals surface area contributed by atoms with Gasteiger partial charge in [-0.25, -0.2) is 0 Å². The first kappa shape index (κ1) is 11.8. The van der Waals surface area contributed by atoms with Gasteiger partial charge in [-0.3, -0.25) is 0 Å². The topological polar surface area (TPSA) is 61.2 Å². The van der Waals surface area contributed by atoms with Crippen molar-refractivity contribution in [2.75, 3.05) is 43.9 Å². The third kappa shape index (κ3) is 2.08. The van der Waals surface area contributed by atoms with Gasteiger partial charge in [0.2, 0.25) is 0 Å². The lowest BCUT2D eigenvalue weighted by molar-refractivity contribution is 0.311. The lowest BCUT2D eigenvalue weighted by Crippen LogP contribution is -2.45. The fourth-order valence-electron chi connectivity index (χ4n) is 2.34. The summed E-state index contributed by atoms with van der Waals surface area (Å²) >= 11 is 0. The molecule has 0 radical (unpaired) electrons. The smallest absolute Gasteiger partial charge is 0.133 e. The van der Waals surface area contributed by atoms with E-state index in [4.69, 9.17) is 11.0 Å². The molecule has 1 fully saturated rings.